The molecule has 1 heterocycles. The molecule has 8 heteroatoms. The Balaban J connectivity index is 1.79. The van der Waals surface area contributed by atoms with Crippen molar-refractivity contribution in [2.45, 2.75) is 19.3 Å². The van der Waals surface area contributed by atoms with Gasteiger partial charge in [0.25, 0.3) is 5.91 Å². The first-order chi connectivity index (χ1) is 15.6. The Hall–Kier alpha value is -3.10. The number of nitrogens with one attached hydrogen (secondary N) is 1. The van der Waals surface area contributed by atoms with E-state index in [0.717, 1.165) is 29.7 Å². The van der Waals surface area contributed by atoms with Crippen molar-refractivity contribution in [3.05, 3.63) is 64.7 Å². The van der Waals surface area contributed by atoms with Crippen LogP contribution < -0.4 is 19.5 Å². The molecule has 2 aromatic carbocycles. The summed E-state index contributed by atoms with van der Waals surface area (Å²) in [7, 11) is 4.92. The van der Waals surface area contributed by atoms with Crippen molar-refractivity contribution in [1.29, 1.82) is 0 Å². The van der Waals surface area contributed by atoms with Crippen LogP contribution in [0.2, 0.25) is 0 Å². The smallest absolute Gasteiger partial charge is 0.257 e. The van der Waals surface area contributed by atoms with Gasteiger partial charge in [-0.1, -0.05) is 12.1 Å². The van der Waals surface area contributed by atoms with E-state index in [9.17, 15) is 4.79 Å². The third-order valence-corrected chi connectivity index (χ3v) is 5.50. The van der Waals surface area contributed by atoms with Crippen LogP contribution in [-0.2, 0) is 17.6 Å². The van der Waals surface area contributed by atoms with E-state index in [2.05, 4.69) is 10.3 Å². The lowest BCUT2D eigenvalue weighted by molar-refractivity contribution is 0.102. The zero-order valence-electron chi connectivity index (χ0n) is 18.6. The van der Waals surface area contributed by atoms with Crippen LogP contribution in [0.15, 0.2) is 48.0 Å². The molecule has 7 nitrogen and oxygen atoms in total. The van der Waals surface area contributed by atoms with E-state index < -0.39 is 0 Å². The van der Waals surface area contributed by atoms with Gasteiger partial charge < -0.3 is 18.9 Å². The van der Waals surface area contributed by atoms with E-state index >= 15 is 0 Å². The number of amides is 1. The Morgan fingerprint density at radius 3 is 2.66 bits per heavy atom. The third kappa shape index (κ3) is 6.45. The van der Waals surface area contributed by atoms with Gasteiger partial charge in [0.15, 0.2) is 16.6 Å². The number of carbonyl (C=O) groups is 1. The molecule has 0 bridgehead atoms. The van der Waals surface area contributed by atoms with Crippen LogP contribution in [0.5, 0.6) is 17.2 Å². The molecule has 0 spiro atoms. The zero-order valence-corrected chi connectivity index (χ0v) is 19.4. The summed E-state index contributed by atoms with van der Waals surface area (Å²) >= 11 is 1.37. The number of rotatable bonds is 12. The lowest BCUT2D eigenvalue weighted by Gasteiger charge is -2.14. The summed E-state index contributed by atoms with van der Waals surface area (Å²) in [5.74, 6) is 1.86. The second kappa shape index (κ2) is 12.1. The quantitative estimate of drug-likeness (QED) is 0.401. The number of methoxy groups -OCH3 is 3. The van der Waals surface area contributed by atoms with Crippen LogP contribution in [0.4, 0.5) is 5.13 Å². The van der Waals surface area contributed by atoms with Crippen molar-refractivity contribution in [1.82, 2.24) is 4.98 Å². The highest BCUT2D eigenvalue weighted by Crippen LogP contribution is 2.32. The largest absolute Gasteiger partial charge is 0.493 e. The van der Waals surface area contributed by atoms with Gasteiger partial charge in [0.05, 0.1) is 20.8 Å². The summed E-state index contributed by atoms with van der Waals surface area (Å²) in [6, 6.07) is 11.4. The van der Waals surface area contributed by atoms with Gasteiger partial charge in [0.1, 0.15) is 5.75 Å². The van der Waals surface area contributed by atoms with Gasteiger partial charge in [-0.05, 0) is 48.2 Å². The second-order valence-electron chi connectivity index (χ2n) is 7.00. The number of hydrogen-bond acceptors (Lipinski definition) is 7. The summed E-state index contributed by atoms with van der Waals surface area (Å²) < 4.78 is 21.9. The van der Waals surface area contributed by atoms with E-state index in [-0.39, 0.29) is 5.91 Å². The first-order valence-electron chi connectivity index (χ1n) is 10.3. The first kappa shape index (κ1) is 23.6. The monoisotopic (exact) mass is 456 g/mol. The van der Waals surface area contributed by atoms with Gasteiger partial charge in [-0.15, -0.1) is 11.3 Å². The summed E-state index contributed by atoms with van der Waals surface area (Å²) in [5, 5.41) is 5.21. The number of hydrogen-bond donors (Lipinski definition) is 1. The molecule has 3 rings (SSSR count). The van der Waals surface area contributed by atoms with E-state index in [1.54, 1.807) is 33.6 Å². The van der Waals surface area contributed by atoms with Crippen molar-refractivity contribution in [3.63, 3.8) is 0 Å². The summed E-state index contributed by atoms with van der Waals surface area (Å²) in [6.07, 6.45) is 3.85. The van der Waals surface area contributed by atoms with Crippen molar-refractivity contribution in [3.8, 4) is 17.2 Å². The Kier molecular flexibility index (Phi) is 8.89. The van der Waals surface area contributed by atoms with Gasteiger partial charge in [0, 0.05) is 37.3 Å². The topological polar surface area (TPSA) is 78.9 Å². The number of benzene rings is 2. The number of aromatic nitrogens is 1. The van der Waals surface area contributed by atoms with Crippen LogP contribution in [-0.4, -0.2) is 45.4 Å². The maximum absolute atomic E-state index is 12.8. The van der Waals surface area contributed by atoms with Gasteiger partial charge in [-0.3, -0.25) is 10.1 Å². The number of anilines is 1. The maximum Gasteiger partial charge on any atom is 0.257 e. The van der Waals surface area contributed by atoms with E-state index in [0.29, 0.717) is 41.8 Å². The molecule has 0 aliphatic rings. The second-order valence-corrected chi connectivity index (χ2v) is 7.90. The number of nitrogens with zero attached hydrogens (tertiary/aromatic N) is 1. The van der Waals surface area contributed by atoms with E-state index in [1.165, 1.54) is 11.3 Å². The number of ether oxygens (including phenoxy) is 4. The van der Waals surface area contributed by atoms with E-state index in [1.807, 2.05) is 35.7 Å². The Bertz CT molecular complexity index is 1010. The molecule has 0 saturated carbocycles. The molecule has 0 aliphatic carbocycles. The normalized spacial score (nSPS) is 10.6. The van der Waals surface area contributed by atoms with Gasteiger partial charge >= 0.3 is 0 Å². The van der Waals surface area contributed by atoms with Crippen LogP contribution in [0.3, 0.4) is 0 Å². The minimum absolute atomic E-state index is 0.220. The predicted octanol–water partition coefficient (Wildman–Crippen LogP) is 4.61. The van der Waals surface area contributed by atoms with E-state index in [4.69, 9.17) is 18.9 Å². The standard InChI is InChI=1S/C24H28N2O5S/c1-28-11-5-12-31-20-15-17(8-9-18-6-4-7-21(29-2)22(18)30-3)14-19(16-20)23(27)26-24-25-10-13-32-24/h4,6-7,10,13-16H,5,8-9,11-12H2,1-3H3,(H,25,26,27). The van der Waals surface area contributed by atoms with Crippen molar-refractivity contribution in [2.75, 3.05) is 39.9 Å². The molecule has 1 N–H and O–H groups in total. The molecule has 32 heavy (non-hydrogen) atoms. The third-order valence-electron chi connectivity index (χ3n) is 4.81. The number of thiazole rings is 1. The molecule has 1 aromatic heterocycles. The molecule has 0 aliphatic heterocycles. The van der Waals surface area contributed by atoms with Crippen LogP contribution in [0.25, 0.3) is 0 Å². The average Bonchev–Trinajstić information content (AvgIpc) is 3.33. The highest BCUT2D eigenvalue weighted by molar-refractivity contribution is 7.13. The Morgan fingerprint density at radius 1 is 1.06 bits per heavy atom. The first-order valence-corrected chi connectivity index (χ1v) is 11.2. The molecule has 0 fully saturated rings. The van der Waals surface area contributed by atoms with Crippen LogP contribution >= 0.6 is 11.3 Å². The average molecular weight is 457 g/mol. The van der Waals surface area contributed by atoms with Crippen LogP contribution in [0.1, 0.15) is 27.9 Å². The number of para-hydroxylation sites is 1. The van der Waals surface area contributed by atoms with Crippen LogP contribution in [0, 0.1) is 0 Å². The molecule has 3 aromatic rings. The molecule has 0 unspecified atom stereocenters. The van der Waals surface area contributed by atoms with Crippen molar-refractivity contribution in [2.24, 2.45) is 0 Å². The minimum Gasteiger partial charge on any atom is -0.493 e. The summed E-state index contributed by atoms with van der Waals surface area (Å²) in [5.41, 5.74) is 2.55. The lowest BCUT2D eigenvalue weighted by Crippen LogP contribution is -2.13. The molecule has 0 radical (unpaired) electrons. The molecule has 0 saturated heterocycles. The fourth-order valence-corrected chi connectivity index (χ4v) is 3.82. The number of aryl methyl sites for hydroxylation is 2. The van der Waals surface area contributed by atoms with Crippen molar-refractivity contribution < 1.29 is 23.7 Å². The highest BCUT2D eigenvalue weighted by atomic mass is 32.1. The molecular formula is C24H28N2O5S. The molecular weight excluding hydrogens is 428 g/mol. The highest BCUT2D eigenvalue weighted by Gasteiger charge is 2.13. The number of carbonyl (C=O) groups excluding carboxylic acids is 1. The fourth-order valence-electron chi connectivity index (χ4n) is 3.30. The van der Waals surface area contributed by atoms with Crippen molar-refractivity contribution >= 4 is 22.4 Å². The SMILES string of the molecule is COCCCOc1cc(CCc2cccc(OC)c2OC)cc(C(=O)Nc2nccs2)c1. The summed E-state index contributed by atoms with van der Waals surface area (Å²) in [4.78, 5) is 16.9. The maximum atomic E-state index is 12.8. The molecule has 0 atom stereocenters. The van der Waals surface area contributed by atoms with Gasteiger partial charge in [-0.2, -0.15) is 0 Å². The summed E-state index contributed by atoms with van der Waals surface area (Å²) in [6.45, 7) is 1.13. The fraction of sp³-hybridized carbons (Fsp3) is 0.333. The molecule has 1 amide bonds. The van der Waals surface area contributed by atoms with Gasteiger partial charge in [0.2, 0.25) is 0 Å². The molecule has 170 valence electrons. The Labute approximate surface area is 192 Å². The Morgan fingerprint density at radius 2 is 1.94 bits per heavy atom. The zero-order chi connectivity index (χ0) is 22.8. The lowest BCUT2D eigenvalue weighted by atomic mass is 10.0. The van der Waals surface area contributed by atoms with Gasteiger partial charge in [-0.25, -0.2) is 4.98 Å². The minimum atomic E-state index is -0.220. The predicted molar refractivity (Wildman–Crippen MR) is 125 cm³/mol.